The van der Waals surface area contributed by atoms with Crippen molar-refractivity contribution in [3.63, 3.8) is 0 Å². The molecule has 1 aliphatic heterocycles. The van der Waals surface area contributed by atoms with E-state index in [1.54, 1.807) is 13.3 Å². The van der Waals surface area contributed by atoms with Gasteiger partial charge < -0.3 is 19.4 Å². The van der Waals surface area contributed by atoms with Crippen molar-refractivity contribution in [3.8, 4) is 11.3 Å². The zero-order valence-corrected chi connectivity index (χ0v) is 23.6. The average Bonchev–Trinajstić information content (AvgIpc) is 3.63. The molecule has 41 heavy (non-hydrogen) atoms. The van der Waals surface area contributed by atoms with Gasteiger partial charge in [-0.1, -0.05) is 18.2 Å². The van der Waals surface area contributed by atoms with Gasteiger partial charge in [-0.05, 0) is 74.0 Å². The summed E-state index contributed by atoms with van der Waals surface area (Å²) in [6.45, 7) is 4.26. The van der Waals surface area contributed by atoms with E-state index in [1.807, 2.05) is 42.1 Å². The summed E-state index contributed by atoms with van der Waals surface area (Å²) in [6.07, 6.45) is 6.87. The van der Waals surface area contributed by atoms with E-state index in [-0.39, 0.29) is 5.97 Å². The van der Waals surface area contributed by atoms with E-state index in [0.29, 0.717) is 25.3 Å². The number of aromatic nitrogens is 3. The molecule has 210 valence electrons. The van der Waals surface area contributed by atoms with E-state index >= 15 is 0 Å². The Morgan fingerprint density at radius 1 is 1.00 bits per heavy atom. The number of anilines is 2. The van der Waals surface area contributed by atoms with E-state index in [1.165, 1.54) is 31.5 Å². The minimum absolute atomic E-state index is 0.326. The van der Waals surface area contributed by atoms with Crippen molar-refractivity contribution in [1.82, 2.24) is 19.4 Å². The van der Waals surface area contributed by atoms with Crippen LogP contribution < -0.4 is 5.32 Å². The molecule has 0 unspecified atom stereocenters. The quantitative estimate of drug-likeness (QED) is 0.161. The zero-order chi connectivity index (χ0) is 28.2. The molecule has 4 heterocycles. The highest BCUT2D eigenvalue weighted by atomic mass is 16.5. The fourth-order valence-electron chi connectivity index (χ4n) is 5.51. The number of nitrogens with one attached hydrogen (secondary N) is 1. The number of hydrogen-bond acceptors (Lipinski definition) is 7. The molecule has 6 rings (SSSR count). The average molecular weight is 550 g/mol. The number of ether oxygens (including phenoxy) is 2. The first kappa shape index (κ1) is 26.9. The third-order valence-corrected chi connectivity index (χ3v) is 7.72. The number of carbonyl (C=O) groups is 1. The topological polar surface area (TPSA) is 81.5 Å². The van der Waals surface area contributed by atoms with Gasteiger partial charge in [-0.2, -0.15) is 0 Å². The van der Waals surface area contributed by atoms with Crippen LogP contribution in [0.5, 0.6) is 0 Å². The number of benzene rings is 2. The van der Waals surface area contributed by atoms with Crippen LogP contribution in [-0.2, 0) is 23.1 Å². The summed E-state index contributed by atoms with van der Waals surface area (Å²) in [4.78, 5) is 24.5. The van der Waals surface area contributed by atoms with Crippen LogP contribution in [-0.4, -0.2) is 58.8 Å². The predicted molar refractivity (Wildman–Crippen MR) is 162 cm³/mol. The van der Waals surface area contributed by atoms with Gasteiger partial charge in [-0.25, -0.2) is 9.78 Å². The Balaban J connectivity index is 1.27. The van der Waals surface area contributed by atoms with Crippen molar-refractivity contribution in [2.75, 3.05) is 38.7 Å². The number of likely N-dealkylation sites (tertiary alicyclic amines) is 1. The lowest BCUT2D eigenvalue weighted by Gasteiger charge is -2.15. The van der Waals surface area contributed by atoms with Gasteiger partial charge in [0, 0.05) is 73.7 Å². The molecular formula is C33H35N5O3. The molecule has 0 atom stereocenters. The predicted octanol–water partition coefficient (Wildman–Crippen LogP) is 6.32. The molecule has 2 aromatic carbocycles. The molecule has 0 saturated carbocycles. The molecule has 0 spiro atoms. The molecule has 8 heteroatoms. The Kier molecular flexibility index (Phi) is 7.93. The highest BCUT2D eigenvalue weighted by Crippen LogP contribution is 2.32. The summed E-state index contributed by atoms with van der Waals surface area (Å²) in [6, 6.07) is 20.7. The van der Waals surface area contributed by atoms with Crippen molar-refractivity contribution in [2.45, 2.75) is 25.8 Å². The lowest BCUT2D eigenvalue weighted by Crippen LogP contribution is -2.18. The van der Waals surface area contributed by atoms with Crippen LogP contribution in [0.3, 0.4) is 0 Å². The fourth-order valence-corrected chi connectivity index (χ4v) is 5.51. The van der Waals surface area contributed by atoms with Crippen molar-refractivity contribution in [2.24, 2.45) is 7.05 Å². The Labute approximate surface area is 239 Å². The van der Waals surface area contributed by atoms with E-state index in [4.69, 9.17) is 14.5 Å². The molecule has 0 amide bonds. The SMILES string of the molecule is COCCCOC(=O)c1cc2cc(-c3cc(Nc4ccc(CN5CCCC5)cc4)c4cnccc4n3)ccc2n1C. The van der Waals surface area contributed by atoms with Gasteiger partial charge in [-0.15, -0.1) is 0 Å². The zero-order valence-electron chi connectivity index (χ0n) is 23.6. The minimum Gasteiger partial charge on any atom is -0.461 e. The van der Waals surface area contributed by atoms with Gasteiger partial charge in [-0.3, -0.25) is 9.88 Å². The monoisotopic (exact) mass is 549 g/mol. The molecule has 3 aromatic heterocycles. The molecule has 1 aliphatic rings. The minimum atomic E-state index is -0.337. The lowest BCUT2D eigenvalue weighted by atomic mass is 10.1. The lowest BCUT2D eigenvalue weighted by molar-refractivity contribution is 0.0458. The maximum absolute atomic E-state index is 12.7. The van der Waals surface area contributed by atoms with E-state index in [0.717, 1.165) is 51.0 Å². The van der Waals surface area contributed by atoms with Gasteiger partial charge >= 0.3 is 5.97 Å². The van der Waals surface area contributed by atoms with Crippen LogP contribution in [0.2, 0.25) is 0 Å². The van der Waals surface area contributed by atoms with Crippen LogP contribution in [0.25, 0.3) is 33.1 Å². The molecule has 0 bridgehead atoms. The second-order valence-electron chi connectivity index (χ2n) is 10.6. The number of methoxy groups -OCH3 is 1. The molecule has 1 fully saturated rings. The number of fused-ring (bicyclic) bond motifs is 2. The number of nitrogens with zero attached hydrogens (tertiary/aromatic N) is 4. The van der Waals surface area contributed by atoms with Crippen molar-refractivity contribution in [3.05, 3.63) is 84.3 Å². The molecule has 0 radical (unpaired) electrons. The van der Waals surface area contributed by atoms with Crippen LogP contribution in [0.1, 0.15) is 35.3 Å². The number of aryl methyl sites for hydroxylation is 1. The Hall–Kier alpha value is -4.27. The third-order valence-electron chi connectivity index (χ3n) is 7.72. The normalized spacial score (nSPS) is 13.7. The van der Waals surface area contributed by atoms with Crippen molar-refractivity contribution in [1.29, 1.82) is 0 Å². The second kappa shape index (κ2) is 12.1. The van der Waals surface area contributed by atoms with Crippen molar-refractivity contribution < 1.29 is 14.3 Å². The highest BCUT2D eigenvalue weighted by molar-refractivity contribution is 5.98. The van der Waals surface area contributed by atoms with Crippen molar-refractivity contribution >= 4 is 39.1 Å². The summed E-state index contributed by atoms with van der Waals surface area (Å²) >= 11 is 0. The van der Waals surface area contributed by atoms with Crippen LogP contribution in [0.15, 0.2) is 73.1 Å². The molecule has 1 N–H and O–H groups in total. The smallest absolute Gasteiger partial charge is 0.354 e. The van der Waals surface area contributed by atoms with E-state index in [2.05, 4.69) is 51.6 Å². The number of pyridine rings is 2. The largest absolute Gasteiger partial charge is 0.461 e. The van der Waals surface area contributed by atoms with E-state index in [9.17, 15) is 4.79 Å². The summed E-state index contributed by atoms with van der Waals surface area (Å²) < 4.78 is 12.4. The van der Waals surface area contributed by atoms with Crippen LogP contribution >= 0.6 is 0 Å². The number of esters is 1. The molecular weight excluding hydrogens is 514 g/mol. The number of carbonyl (C=O) groups excluding carboxylic acids is 1. The van der Waals surface area contributed by atoms with Gasteiger partial charge in [0.25, 0.3) is 0 Å². The van der Waals surface area contributed by atoms with E-state index < -0.39 is 0 Å². The summed E-state index contributed by atoms with van der Waals surface area (Å²) in [7, 11) is 3.52. The van der Waals surface area contributed by atoms with Crippen LogP contribution in [0.4, 0.5) is 11.4 Å². The van der Waals surface area contributed by atoms with Gasteiger partial charge in [0.15, 0.2) is 0 Å². The highest BCUT2D eigenvalue weighted by Gasteiger charge is 2.17. The maximum Gasteiger partial charge on any atom is 0.354 e. The summed E-state index contributed by atoms with van der Waals surface area (Å²) in [5.74, 6) is -0.337. The Morgan fingerprint density at radius 3 is 2.63 bits per heavy atom. The fraction of sp³-hybridized carbons (Fsp3) is 0.303. The van der Waals surface area contributed by atoms with Crippen LogP contribution in [0, 0.1) is 0 Å². The first-order valence-electron chi connectivity index (χ1n) is 14.2. The summed E-state index contributed by atoms with van der Waals surface area (Å²) in [5.41, 5.74) is 7.42. The maximum atomic E-state index is 12.7. The first-order valence-corrected chi connectivity index (χ1v) is 14.2. The van der Waals surface area contributed by atoms with Gasteiger partial charge in [0.1, 0.15) is 5.69 Å². The Bertz CT molecular complexity index is 1670. The molecule has 5 aromatic rings. The molecule has 1 saturated heterocycles. The summed E-state index contributed by atoms with van der Waals surface area (Å²) in [5, 5.41) is 5.51. The first-order chi connectivity index (χ1) is 20.1. The van der Waals surface area contributed by atoms with Gasteiger partial charge in [0.05, 0.1) is 23.5 Å². The Morgan fingerprint density at radius 2 is 1.83 bits per heavy atom. The molecule has 8 nitrogen and oxygen atoms in total. The number of hydrogen-bond donors (Lipinski definition) is 1. The standard InChI is InChI=1S/C33H35N5O3/c1-37-31-11-8-24(18-25(31)19-32(37)33(39)41-17-5-16-40-2)29-20-30(27-21-34-13-12-28(27)36-29)35-26-9-6-23(7-10-26)22-38-14-3-4-15-38/h6-13,18-21H,3-5,14-17,22H2,1-2H3,(H,35,36). The molecule has 0 aliphatic carbocycles. The number of rotatable bonds is 10. The van der Waals surface area contributed by atoms with Gasteiger partial charge in [0.2, 0.25) is 0 Å². The second-order valence-corrected chi connectivity index (χ2v) is 10.6. The third kappa shape index (κ3) is 5.94.